The van der Waals surface area contributed by atoms with Crippen molar-refractivity contribution in [3.05, 3.63) is 48.2 Å². The molecule has 12 heteroatoms. The number of aliphatic hydroxyl groups excluding tert-OH is 1. The number of ether oxygens (including phenoxy) is 1. The van der Waals surface area contributed by atoms with Gasteiger partial charge in [0.15, 0.2) is 5.65 Å². The highest BCUT2D eigenvalue weighted by Crippen LogP contribution is 2.40. The Kier molecular flexibility index (Phi) is 5.36. The lowest BCUT2D eigenvalue weighted by atomic mass is 10.1. The first-order valence-corrected chi connectivity index (χ1v) is 10.5. The van der Waals surface area contributed by atoms with Gasteiger partial charge in [-0.1, -0.05) is 5.21 Å². The van der Waals surface area contributed by atoms with Crippen LogP contribution in [0.3, 0.4) is 0 Å². The third kappa shape index (κ3) is 3.97. The molecule has 0 bridgehead atoms. The molecule has 0 radical (unpaired) electrons. The third-order valence-electron chi connectivity index (χ3n) is 5.54. The SMILES string of the molecule is COc1ncc(F)cc1[C@H]1C[C@H](F)CN1c1ccc2ncc(-c3cn(C[C@@H](C)O)nn3)n2n1. The van der Waals surface area contributed by atoms with Crippen molar-refractivity contribution < 1.29 is 18.6 Å². The average molecular weight is 456 g/mol. The summed E-state index contributed by atoms with van der Waals surface area (Å²) in [5.74, 6) is 0.225. The predicted molar refractivity (Wildman–Crippen MR) is 114 cm³/mol. The number of imidazole rings is 1. The summed E-state index contributed by atoms with van der Waals surface area (Å²) in [4.78, 5) is 10.1. The number of anilines is 1. The Morgan fingerprint density at radius 2 is 2.12 bits per heavy atom. The molecule has 33 heavy (non-hydrogen) atoms. The second-order valence-electron chi connectivity index (χ2n) is 8.03. The van der Waals surface area contributed by atoms with E-state index in [2.05, 4.69) is 25.4 Å². The zero-order valence-electron chi connectivity index (χ0n) is 18.0. The molecule has 10 nitrogen and oxygen atoms in total. The lowest BCUT2D eigenvalue weighted by molar-refractivity contribution is 0.167. The van der Waals surface area contributed by atoms with Crippen LogP contribution in [-0.4, -0.2) is 65.6 Å². The van der Waals surface area contributed by atoms with E-state index in [-0.39, 0.29) is 18.8 Å². The van der Waals surface area contributed by atoms with Crippen molar-refractivity contribution in [2.24, 2.45) is 0 Å². The number of pyridine rings is 1. The number of halogens is 2. The molecule has 5 rings (SSSR count). The first kappa shape index (κ1) is 21.2. The van der Waals surface area contributed by atoms with E-state index in [9.17, 15) is 13.9 Å². The van der Waals surface area contributed by atoms with Gasteiger partial charge in [0.1, 0.15) is 29.2 Å². The van der Waals surface area contributed by atoms with Gasteiger partial charge in [-0.15, -0.1) is 10.2 Å². The molecule has 3 atom stereocenters. The van der Waals surface area contributed by atoms with Crippen LogP contribution in [-0.2, 0) is 6.54 Å². The van der Waals surface area contributed by atoms with E-state index in [1.807, 2.05) is 0 Å². The van der Waals surface area contributed by atoms with Gasteiger partial charge in [-0.2, -0.15) is 0 Å². The van der Waals surface area contributed by atoms with E-state index in [0.29, 0.717) is 35.0 Å². The van der Waals surface area contributed by atoms with Crippen LogP contribution in [0.1, 0.15) is 24.9 Å². The number of methoxy groups -OCH3 is 1. The van der Waals surface area contributed by atoms with Crippen LogP contribution in [0.25, 0.3) is 17.0 Å². The molecule has 0 saturated carbocycles. The van der Waals surface area contributed by atoms with Crippen molar-refractivity contribution in [3.8, 4) is 17.3 Å². The first-order chi connectivity index (χ1) is 15.9. The maximum Gasteiger partial charge on any atom is 0.218 e. The summed E-state index contributed by atoms with van der Waals surface area (Å²) in [6.07, 6.45) is 2.86. The van der Waals surface area contributed by atoms with Crippen molar-refractivity contribution in [3.63, 3.8) is 0 Å². The second kappa shape index (κ2) is 8.35. The van der Waals surface area contributed by atoms with Crippen molar-refractivity contribution in [1.82, 2.24) is 34.6 Å². The van der Waals surface area contributed by atoms with Crippen molar-refractivity contribution >= 4 is 11.5 Å². The molecule has 4 aromatic rings. The maximum absolute atomic E-state index is 14.6. The molecule has 1 aliphatic heterocycles. The topological polar surface area (TPSA) is 106 Å². The number of fused-ring (bicyclic) bond motifs is 1. The van der Waals surface area contributed by atoms with E-state index in [1.165, 1.54) is 17.9 Å². The molecule has 1 fully saturated rings. The number of hydrogen-bond acceptors (Lipinski definition) is 8. The van der Waals surface area contributed by atoms with Gasteiger partial charge < -0.3 is 14.7 Å². The fourth-order valence-electron chi connectivity index (χ4n) is 4.15. The second-order valence-corrected chi connectivity index (χ2v) is 8.03. The lowest BCUT2D eigenvalue weighted by Gasteiger charge is -2.26. The number of aliphatic hydroxyl groups is 1. The van der Waals surface area contributed by atoms with Gasteiger partial charge in [0.05, 0.1) is 50.9 Å². The number of hydrogen-bond donors (Lipinski definition) is 1. The van der Waals surface area contributed by atoms with Gasteiger partial charge in [-0.05, 0) is 25.1 Å². The summed E-state index contributed by atoms with van der Waals surface area (Å²) in [6, 6.07) is 4.35. The van der Waals surface area contributed by atoms with Crippen molar-refractivity contribution in [2.45, 2.75) is 38.2 Å². The van der Waals surface area contributed by atoms with Crippen molar-refractivity contribution in [2.75, 3.05) is 18.6 Å². The molecule has 0 amide bonds. The Bertz CT molecular complexity index is 1290. The van der Waals surface area contributed by atoms with Gasteiger partial charge in [0, 0.05) is 12.0 Å². The van der Waals surface area contributed by atoms with E-state index in [0.717, 1.165) is 6.20 Å². The summed E-state index contributed by atoms with van der Waals surface area (Å²) in [5.41, 5.74) is 2.18. The predicted octanol–water partition coefficient (Wildman–Crippen LogP) is 2.20. The molecule has 0 unspecified atom stereocenters. The Morgan fingerprint density at radius 1 is 1.27 bits per heavy atom. The molecular weight excluding hydrogens is 434 g/mol. The standard InChI is InChI=1S/C21H22F2N8O2/c1-12(32)9-29-11-16(26-28-29)18-8-24-19-3-4-20(27-31(18)19)30-10-14(23)6-17(30)15-5-13(22)7-25-21(15)33-2/h3-5,7-8,11-12,14,17,32H,6,9-10H2,1-2H3/t12-,14+,17-/m1/s1. The van der Waals surface area contributed by atoms with Crippen LogP contribution in [0, 0.1) is 5.82 Å². The fourth-order valence-corrected chi connectivity index (χ4v) is 4.15. The minimum atomic E-state index is -1.12. The highest BCUT2D eigenvalue weighted by molar-refractivity contribution is 5.60. The Labute approximate surface area is 187 Å². The van der Waals surface area contributed by atoms with Crippen LogP contribution in [0.2, 0.25) is 0 Å². The van der Waals surface area contributed by atoms with Gasteiger partial charge >= 0.3 is 0 Å². The Hall–Kier alpha value is -3.67. The molecule has 5 heterocycles. The number of aromatic nitrogens is 7. The fraction of sp³-hybridized carbons (Fsp3) is 0.381. The molecule has 1 saturated heterocycles. The largest absolute Gasteiger partial charge is 0.481 e. The van der Waals surface area contributed by atoms with E-state index in [1.54, 1.807) is 40.9 Å². The van der Waals surface area contributed by atoms with E-state index < -0.39 is 24.1 Å². The first-order valence-electron chi connectivity index (χ1n) is 10.5. The minimum absolute atomic E-state index is 0.0947. The summed E-state index contributed by atoms with van der Waals surface area (Å²) < 4.78 is 37.0. The van der Waals surface area contributed by atoms with E-state index in [4.69, 9.17) is 4.74 Å². The normalized spacial score (nSPS) is 19.4. The quantitative estimate of drug-likeness (QED) is 0.471. The zero-order chi connectivity index (χ0) is 23.1. The molecule has 0 aromatic carbocycles. The summed E-state index contributed by atoms with van der Waals surface area (Å²) in [6.45, 7) is 2.06. The monoisotopic (exact) mass is 456 g/mol. The van der Waals surface area contributed by atoms with Gasteiger partial charge in [0.2, 0.25) is 5.88 Å². The zero-order valence-corrected chi connectivity index (χ0v) is 18.0. The molecule has 0 aliphatic carbocycles. The van der Waals surface area contributed by atoms with Crippen LogP contribution < -0.4 is 9.64 Å². The smallest absolute Gasteiger partial charge is 0.218 e. The van der Waals surface area contributed by atoms with Crippen LogP contribution in [0.4, 0.5) is 14.6 Å². The maximum atomic E-state index is 14.6. The Morgan fingerprint density at radius 3 is 2.91 bits per heavy atom. The van der Waals surface area contributed by atoms with Crippen molar-refractivity contribution in [1.29, 1.82) is 0 Å². The highest BCUT2D eigenvalue weighted by Gasteiger charge is 2.36. The molecule has 0 spiro atoms. The summed E-state index contributed by atoms with van der Waals surface area (Å²) in [7, 11) is 1.45. The van der Waals surface area contributed by atoms with Gasteiger partial charge in [-0.3, -0.25) is 0 Å². The van der Waals surface area contributed by atoms with Crippen LogP contribution >= 0.6 is 0 Å². The molecule has 1 aliphatic rings. The molecule has 172 valence electrons. The molecular formula is C21H22F2N8O2. The lowest BCUT2D eigenvalue weighted by Crippen LogP contribution is -2.26. The number of alkyl halides is 1. The van der Waals surface area contributed by atoms with Crippen LogP contribution in [0.15, 0.2) is 36.8 Å². The average Bonchev–Trinajstić information content (AvgIpc) is 3.50. The highest BCUT2D eigenvalue weighted by atomic mass is 19.1. The van der Waals surface area contributed by atoms with Gasteiger partial charge in [0.25, 0.3) is 0 Å². The molecule has 1 N–H and O–H groups in total. The summed E-state index contributed by atoms with van der Waals surface area (Å²) in [5, 5.41) is 22.4. The summed E-state index contributed by atoms with van der Waals surface area (Å²) >= 11 is 0. The van der Waals surface area contributed by atoms with E-state index >= 15 is 0 Å². The minimum Gasteiger partial charge on any atom is -0.481 e. The third-order valence-corrected chi connectivity index (χ3v) is 5.54. The molecule has 4 aromatic heterocycles. The van der Waals surface area contributed by atoms with Gasteiger partial charge in [-0.25, -0.2) is 27.9 Å². The number of nitrogens with zero attached hydrogens (tertiary/aromatic N) is 8. The van der Waals surface area contributed by atoms with Crippen LogP contribution in [0.5, 0.6) is 5.88 Å². The Balaban J connectivity index is 1.54. The number of rotatable bonds is 6.